The van der Waals surface area contributed by atoms with E-state index in [4.69, 9.17) is 14.2 Å². The molecule has 0 amide bonds. The van der Waals surface area contributed by atoms with Crippen LogP contribution in [0.1, 0.15) is 168 Å². The predicted molar refractivity (Wildman–Crippen MR) is 205 cm³/mol. The van der Waals surface area contributed by atoms with Crippen molar-refractivity contribution in [2.75, 3.05) is 47.5 Å². The third-order valence-electron chi connectivity index (χ3n) is 9.16. The van der Waals surface area contributed by atoms with E-state index in [-0.39, 0.29) is 26.1 Å². The van der Waals surface area contributed by atoms with Crippen molar-refractivity contribution in [3.63, 3.8) is 0 Å². The second kappa shape index (κ2) is 31.3. The number of likely N-dealkylation sites (N-methyl/N-ethyl adjacent to an activating group) is 1. The lowest BCUT2D eigenvalue weighted by Crippen LogP contribution is -2.47. The van der Waals surface area contributed by atoms with Gasteiger partial charge in [0, 0.05) is 12.8 Å². The third-order valence-corrected chi connectivity index (χ3v) is 10.2. The summed E-state index contributed by atoms with van der Waals surface area (Å²) in [5.74, 6) is -4.40. The van der Waals surface area contributed by atoms with Gasteiger partial charge in [0.1, 0.15) is 19.3 Å². The van der Waals surface area contributed by atoms with Crippen LogP contribution in [0.2, 0.25) is 0 Å². The standard InChI is InChI=1S/C39H78NO10P/c1-6-8-10-12-14-16-17-18-19-21-23-25-27-29-37(44)50-38(34(42)28-26-24-22-20-15-13-11-9-7-2)36(33-48-31-30-40(3,4)5)49-39(35(43)32-41)51(45,46)47/h36,38-39,41,45-47H,6-33H2,1-5H3/q+2/t36-,38?,39-/m0/s1. The van der Waals surface area contributed by atoms with Gasteiger partial charge in [0.15, 0.2) is 11.9 Å². The van der Waals surface area contributed by atoms with E-state index >= 15 is 0 Å². The Bertz CT molecular complexity index is 877. The van der Waals surface area contributed by atoms with Crippen LogP contribution in [0.4, 0.5) is 0 Å². The van der Waals surface area contributed by atoms with Gasteiger partial charge in [0.2, 0.25) is 5.78 Å². The van der Waals surface area contributed by atoms with Crippen molar-refractivity contribution in [3.05, 3.63) is 0 Å². The van der Waals surface area contributed by atoms with E-state index in [9.17, 15) is 34.2 Å². The number of ether oxygens (including phenoxy) is 3. The van der Waals surface area contributed by atoms with Crippen molar-refractivity contribution in [1.29, 1.82) is 0 Å². The molecule has 0 bridgehead atoms. The maximum atomic E-state index is 13.7. The molecule has 11 nitrogen and oxygen atoms in total. The molecule has 302 valence electrons. The lowest BCUT2D eigenvalue weighted by molar-refractivity contribution is -0.870. The molecule has 0 saturated heterocycles. The van der Waals surface area contributed by atoms with Gasteiger partial charge in [-0.05, 0) is 12.8 Å². The third kappa shape index (κ3) is 29.1. The van der Waals surface area contributed by atoms with Gasteiger partial charge in [-0.3, -0.25) is 14.4 Å². The van der Waals surface area contributed by atoms with Crippen molar-refractivity contribution in [2.45, 2.75) is 186 Å². The Kier molecular flexibility index (Phi) is 30.7. The van der Waals surface area contributed by atoms with E-state index in [1.54, 1.807) is 0 Å². The van der Waals surface area contributed by atoms with Crippen molar-refractivity contribution in [3.8, 4) is 0 Å². The van der Waals surface area contributed by atoms with Crippen molar-refractivity contribution in [2.24, 2.45) is 0 Å². The smallest absolute Gasteiger partial charge is 0.443 e. The SMILES string of the molecule is CCCCCCCCCCCCCCCC(=O)OC(C(=O)CCCCCCCCCCC)[C@H](COCC[N+](C)(C)C)O[C@H](C(=O)CO)[P+](O)(O)O. The first kappa shape index (κ1) is 50.0. The van der Waals surface area contributed by atoms with Crippen LogP contribution in [0, 0.1) is 0 Å². The van der Waals surface area contributed by atoms with Gasteiger partial charge in [0.05, 0.1) is 34.4 Å². The van der Waals surface area contributed by atoms with E-state index in [1.807, 2.05) is 21.1 Å². The molecule has 0 aromatic heterocycles. The first-order valence-electron chi connectivity index (χ1n) is 20.2. The molecule has 0 heterocycles. The lowest BCUT2D eigenvalue weighted by Gasteiger charge is -2.29. The van der Waals surface area contributed by atoms with Crippen LogP contribution in [-0.4, -0.2) is 107 Å². The van der Waals surface area contributed by atoms with E-state index in [2.05, 4.69) is 13.8 Å². The Morgan fingerprint density at radius 2 is 1.02 bits per heavy atom. The molecule has 51 heavy (non-hydrogen) atoms. The highest BCUT2D eigenvalue weighted by atomic mass is 31.2. The number of nitrogens with zero attached hydrogens (tertiary/aromatic N) is 1. The summed E-state index contributed by atoms with van der Waals surface area (Å²) in [5, 5.41) is 9.44. The Labute approximate surface area is 311 Å². The average Bonchev–Trinajstić information content (AvgIpc) is 3.07. The summed E-state index contributed by atoms with van der Waals surface area (Å²) in [6.07, 6.45) is 22.0. The van der Waals surface area contributed by atoms with Gasteiger partial charge in [-0.2, -0.15) is 14.7 Å². The van der Waals surface area contributed by atoms with Gasteiger partial charge in [-0.15, -0.1) is 0 Å². The fourth-order valence-electron chi connectivity index (χ4n) is 5.92. The molecule has 0 spiro atoms. The van der Waals surface area contributed by atoms with Gasteiger partial charge in [0.25, 0.3) is 0 Å². The second-order valence-electron chi connectivity index (χ2n) is 15.3. The molecular weight excluding hydrogens is 673 g/mol. The number of hydrogen-bond donors (Lipinski definition) is 4. The minimum atomic E-state index is -4.95. The highest BCUT2D eigenvalue weighted by Gasteiger charge is 2.52. The first-order valence-corrected chi connectivity index (χ1v) is 21.9. The number of Topliss-reactive ketones (excluding diaryl/α,β-unsaturated/α-hetero) is 2. The molecule has 0 saturated carbocycles. The molecule has 0 fully saturated rings. The number of esters is 1. The molecule has 0 aliphatic rings. The maximum absolute atomic E-state index is 13.7. The van der Waals surface area contributed by atoms with Crippen molar-refractivity contribution >= 4 is 25.5 Å². The fourth-order valence-corrected chi connectivity index (χ4v) is 6.71. The van der Waals surface area contributed by atoms with E-state index in [1.165, 1.54) is 83.5 Å². The van der Waals surface area contributed by atoms with Gasteiger partial charge in [-0.1, -0.05) is 142 Å². The number of carbonyl (C=O) groups is 3. The monoisotopic (exact) mass is 752 g/mol. The van der Waals surface area contributed by atoms with E-state index in [0.29, 0.717) is 23.9 Å². The highest BCUT2D eigenvalue weighted by molar-refractivity contribution is 7.60. The van der Waals surface area contributed by atoms with Crippen LogP contribution in [0.3, 0.4) is 0 Å². The minimum Gasteiger partial charge on any atom is -0.451 e. The van der Waals surface area contributed by atoms with Crippen LogP contribution in [0.5, 0.6) is 0 Å². The summed E-state index contributed by atoms with van der Waals surface area (Å²) in [6.45, 7) is 3.82. The molecule has 0 aromatic rings. The quantitative estimate of drug-likeness (QED) is 0.0215. The van der Waals surface area contributed by atoms with E-state index in [0.717, 1.165) is 44.9 Å². The molecule has 0 radical (unpaired) electrons. The zero-order valence-electron chi connectivity index (χ0n) is 33.2. The summed E-state index contributed by atoms with van der Waals surface area (Å²) in [5.41, 5.74) is 0. The Balaban J connectivity index is 5.37. The summed E-state index contributed by atoms with van der Waals surface area (Å²) in [7, 11) is 0.980. The molecule has 0 aromatic carbocycles. The topological polar surface area (TPSA) is 160 Å². The molecule has 0 aliphatic carbocycles. The fraction of sp³-hybridized carbons (Fsp3) is 0.923. The summed E-state index contributed by atoms with van der Waals surface area (Å²) >= 11 is 0. The summed E-state index contributed by atoms with van der Waals surface area (Å²) < 4.78 is 17.8. The molecule has 4 N–H and O–H groups in total. The molecule has 0 aliphatic heterocycles. The Morgan fingerprint density at radius 1 is 0.608 bits per heavy atom. The zero-order valence-corrected chi connectivity index (χ0v) is 34.1. The van der Waals surface area contributed by atoms with E-state index < -0.39 is 50.1 Å². The van der Waals surface area contributed by atoms with Gasteiger partial charge < -0.3 is 23.8 Å². The lowest BCUT2D eigenvalue weighted by atomic mass is 10.0. The summed E-state index contributed by atoms with van der Waals surface area (Å²) in [6, 6.07) is 0. The van der Waals surface area contributed by atoms with Crippen molar-refractivity contribution in [1.82, 2.24) is 0 Å². The molecule has 3 atom stereocenters. The first-order chi connectivity index (χ1) is 24.3. The predicted octanol–water partition coefficient (Wildman–Crippen LogP) is 7.60. The van der Waals surface area contributed by atoms with Crippen LogP contribution >= 0.6 is 7.94 Å². The zero-order chi connectivity index (χ0) is 38.4. The van der Waals surface area contributed by atoms with Crippen molar-refractivity contribution < 1.29 is 52.9 Å². The normalized spacial score (nSPS) is 14.0. The second-order valence-corrected chi connectivity index (χ2v) is 17.0. The number of quaternary nitrogens is 1. The highest BCUT2D eigenvalue weighted by Crippen LogP contribution is 2.51. The number of aliphatic hydroxyl groups is 1. The van der Waals surface area contributed by atoms with Crippen LogP contribution in [0.25, 0.3) is 0 Å². The molecule has 1 unspecified atom stereocenters. The number of unbranched alkanes of at least 4 members (excludes halogenated alkanes) is 20. The van der Waals surface area contributed by atoms with Crippen LogP contribution in [0.15, 0.2) is 0 Å². The maximum Gasteiger partial charge on any atom is 0.443 e. The Morgan fingerprint density at radius 3 is 1.41 bits per heavy atom. The van der Waals surface area contributed by atoms with Crippen LogP contribution < -0.4 is 0 Å². The number of rotatable bonds is 37. The van der Waals surface area contributed by atoms with Gasteiger partial charge in [-0.25, -0.2) is 0 Å². The number of hydrogen-bond acceptors (Lipinski definition) is 10. The molecule has 0 rings (SSSR count). The van der Waals surface area contributed by atoms with Gasteiger partial charge >= 0.3 is 19.8 Å². The number of carbonyl (C=O) groups excluding carboxylic acids is 3. The molecular formula is C39H78NO10P+2. The molecule has 12 heteroatoms. The van der Waals surface area contributed by atoms with Crippen LogP contribution in [-0.2, 0) is 28.6 Å². The Hall–Kier alpha value is -1.04. The number of ketones is 2. The minimum absolute atomic E-state index is 0.0987. The largest absolute Gasteiger partial charge is 0.451 e. The summed E-state index contributed by atoms with van der Waals surface area (Å²) in [4.78, 5) is 69.2. The number of aliphatic hydroxyl groups excluding tert-OH is 1. The average molecular weight is 752 g/mol.